The lowest BCUT2D eigenvalue weighted by atomic mass is 9.93. The van der Waals surface area contributed by atoms with Gasteiger partial charge in [-0.05, 0) is 25.3 Å². The Bertz CT molecular complexity index is 592. The van der Waals surface area contributed by atoms with Gasteiger partial charge < -0.3 is 4.57 Å². The minimum absolute atomic E-state index is 0.684. The van der Waals surface area contributed by atoms with Crippen molar-refractivity contribution in [2.75, 3.05) is 0 Å². The summed E-state index contributed by atoms with van der Waals surface area (Å²) in [5, 5.41) is 7.99. The summed E-state index contributed by atoms with van der Waals surface area (Å²) in [5.41, 5.74) is 4.05. The first-order chi connectivity index (χ1) is 7.81. The first-order valence-electron chi connectivity index (χ1n) is 5.66. The maximum atomic E-state index is 7.99. The van der Waals surface area contributed by atoms with E-state index in [1.54, 1.807) is 11.3 Å². The van der Waals surface area contributed by atoms with Crippen LogP contribution in [0.15, 0.2) is 24.3 Å². The third-order valence-corrected chi connectivity index (χ3v) is 4.27. The molecule has 1 heterocycles. The van der Waals surface area contributed by atoms with E-state index in [4.69, 9.17) is 5.41 Å². The van der Waals surface area contributed by atoms with Crippen molar-refractivity contribution in [3.8, 4) is 11.3 Å². The van der Waals surface area contributed by atoms with Crippen LogP contribution in [0.4, 0.5) is 0 Å². The number of aromatic nitrogens is 1. The molecule has 2 nitrogen and oxygen atoms in total. The topological polar surface area (TPSA) is 28.8 Å². The molecule has 1 aromatic carbocycles. The van der Waals surface area contributed by atoms with Gasteiger partial charge in [0.15, 0.2) is 4.80 Å². The number of hydrogen-bond donors (Lipinski definition) is 1. The van der Waals surface area contributed by atoms with Crippen molar-refractivity contribution in [2.24, 2.45) is 0 Å². The maximum absolute atomic E-state index is 7.99. The van der Waals surface area contributed by atoms with Crippen molar-refractivity contribution < 1.29 is 0 Å². The van der Waals surface area contributed by atoms with E-state index in [0.717, 1.165) is 19.4 Å². The SMILES string of the molecule is CCn1c2c(sc1=N)CCc1ccccc1-2. The zero-order valence-corrected chi connectivity index (χ0v) is 10.1. The van der Waals surface area contributed by atoms with E-state index in [9.17, 15) is 0 Å². The number of fused-ring (bicyclic) bond motifs is 3. The summed E-state index contributed by atoms with van der Waals surface area (Å²) < 4.78 is 2.12. The lowest BCUT2D eigenvalue weighted by molar-refractivity contribution is 0.727. The van der Waals surface area contributed by atoms with Crippen molar-refractivity contribution in [3.05, 3.63) is 39.5 Å². The molecule has 0 amide bonds. The van der Waals surface area contributed by atoms with Crippen molar-refractivity contribution in [3.63, 3.8) is 0 Å². The van der Waals surface area contributed by atoms with E-state index >= 15 is 0 Å². The van der Waals surface area contributed by atoms with E-state index in [1.165, 1.54) is 21.7 Å². The molecule has 0 aliphatic heterocycles. The highest BCUT2D eigenvalue weighted by atomic mass is 32.1. The standard InChI is InChI=1S/C13H14N2S/c1-2-15-12-10-6-4-3-5-9(10)7-8-11(12)16-13(15)14/h3-6,14H,2,7-8H2,1H3. The smallest absolute Gasteiger partial charge is 0.182 e. The van der Waals surface area contributed by atoms with Gasteiger partial charge in [0, 0.05) is 17.0 Å². The highest BCUT2D eigenvalue weighted by Gasteiger charge is 2.20. The minimum atomic E-state index is 0.684. The van der Waals surface area contributed by atoms with Gasteiger partial charge in [-0.15, -0.1) is 11.3 Å². The predicted octanol–water partition coefficient (Wildman–Crippen LogP) is 2.81. The molecule has 3 heteroatoms. The molecule has 0 radical (unpaired) electrons. The molecule has 0 atom stereocenters. The summed E-state index contributed by atoms with van der Waals surface area (Å²) in [5.74, 6) is 0. The third kappa shape index (κ3) is 1.28. The molecular weight excluding hydrogens is 216 g/mol. The molecule has 16 heavy (non-hydrogen) atoms. The number of nitrogens with one attached hydrogen (secondary N) is 1. The Morgan fingerprint density at radius 3 is 2.94 bits per heavy atom. The highest BCUT2D eigenvalue weighted by molar-refractivity contribution is 7.09. The fourth-order valence-corrected chi connectivity index (χ4v) is 3.54. The van der Waals surface area contributed by atoms with Gasteiger partial charge >= 0.3 is 0 Å². The lowest BCUT2D eigenvalue weighted by Crippen LogP contribution is -2.14. The van der Waals surface area contributed by atoms with Crippen molar-refractivity contribution in [1.82, 2.24) is 4.57 Å². The molecule has 1 N–H and O–H groups in total. The van der Waals surface area contributed by atoms with Gasteiger partial charge in [-0.3, -0.25) is 5.41 Å². The van der Waals surface area contributed by atoms with Crippen molar-refractivity contribution in [1.29, 1.82) is 5.41 Å². The second kappa shape index (κ2) is 3.59. The highest BCUT2D eigenvalue weighted by Crippen LogP contribution is 2.34. The van der Waals surface area contributed by atoms with Gasteiger partial charge in [0.1, 0.15) is 0 Å². The average Bonchev–Trinajstić information content (AvgIpc) is 2.65. The van der Waals surface area contributed by atoms with Gasteiger partial charge in [-0.1, -0.05) is 24.3 Å². The molecule has 0 fully saturated rings. The van der Waals surface area contributed by atoms with Crippen molar-refractivity contribution >= 4 is 11.3 Å². The summed E-state index contributed by atoms with van der Waals surface area (Å²) in [6.07, 6.45) is 2.21. The van der Waals surface area contributed by atoms with E-state index in [2.05, 4.69) is 35.8 Å². The molecule has 3 rings (SSSR count). The van der Waals surface area contributed by atoms with Crippen LogP contribution in [-0.2, 0) is 19.4 Å². The summed E-state index contributed by atoms with van der Waals surface area (Å²) in [6, 6.07) is 8.59. The first kappa shape index (κ1) is 9.85. The number of nitrogens with zero attached hydrogens (tertiary/aromatic N) is 1. The maximum Gasteiger partial charge on any atom is 0.182 e. The zero-order valence-electron chi connectivity index (χ0n) is 9.29. The Balaban J connectivity index is 2.34. The van der Waals surface area contributed by atoms with E-state index in [-0.39, 0.29) is 0 Å². The van der Waals surface area contributed by atoms with Crippen LogP contribution in [0, 0.1) is 5.41 Å². The fraction of sp³-hybridized carbons (Fsp3) is 0.308. The zero-order chi connectivity index (χ0) is 11.1. The van der Waals surface area contributed by atoms with Crippen molar-refractivity contribution in [2.45, 2.75) is 26.3 Å². The van der Waals surface area contributed by atoms with Gasteiger partial charge in [-0.25, -0.2) is 0 Å². The quantitative estimate of drug-likeness (QED) is 0.780. The van der Waals surface area contributed by atoms with Crippen LogP contribution in [0.3, 0.4) is 0 Å². The fourth-order valence-electron chi connectivity index (χ4n) is 2.46. The number of rotatable bonds is 1. The summed E-state index contributed by atoms with van der Waals surface area (Å²) in [6.45, 7) is 3.00. The molecular formula is C13H14N2S. The number of thiazole rings is 1. The lowest BCUT2D eigenvalue weighted by Gasteiger charge is -2.17. The van der Waals surface area contributed by atoms with Crippen LogP contribution in [0.2, 0.25) is 0 Å². The van der Waals surface area contributed by atoms with Gasteiger partial charge in [0.05, 0.1) is 5.69 Å². The van der Waals surface area contributed by atoms with Crippen LogP contribution in [0.25, 0.3) is 11.3 Å². The molecule has 1 aliphatic carbocycles. The van der Waals surface area contributed by atoms with Crippen LogP contribution in [0.5, 0.6) is 0 Å². The Labute approximate surface area is 98.7 Å². The molecule has 0 unspecified atom stereocenters. The number of hydrogen-bond acceptors (Lipinski definition) is 2. The van der Waals surface area contributed by atoms with Crippen LogP contribution in [0.1, 0.15) is 17.4 Å². The molecule has 1 aromatic heterocycles. The van der Waals surface area contributed by atoms with Gasteiger partial charge in [0.25, 0.3) is 0 Å². The normalized spacial score (nSPS) is 13.3. The largest absolute Gasteiger partial charge is 0.317 e. The van der Waals surface area contributed by atoms with Crippen LogP contribution in [-0.4, -0.2) is 4.57 Å². The Morgan fingerprint density at radius 1 is 1.31 bits per heavy atom. The average molecular weight is 230 g/mol. The van der Waals surface area contributed by atoms with Crippen LogP contribution >= 0.6 is 11.3 Å². The minimum Gasteiger partial charge on any atom is -0.317 e. The third-order valence-electron chi connectivity index (χ3n) is 3.21. The summed E-state index contributed by atoms with van der Waals surface area (Å²) in [4.78, 5) is 2.06. The van der Waals surface area contributed by atoms with E-state index in [1.807, 2.05) is 0 Å². The number of benzene rings is 1. The Morgan fingerprint density at radius 2 is 2.12 bits per heavy atom. The first-order valence-corrected chi connectivity index (χ1v) is 6.48. The second-order valence-corrected chi connectivity index (χ2v) is 5.16. The second-order valence-electron chi connectivity index (χ2n) is 4.08. The molecule has 2 aromatic rings. The monoisotopic (exact) mass is 230 g/mol. The van der Waals surface area contributed by atoms with E-state index < -0.39 is 0 Å². The molecule has 0 saturated carbocycles. The molecule has 0 spiro atoms. The Kier molecular flexibility index (Phi) is 2.21. The number of aryl methyl sites for hydroxylation is 2. The van der Waals surface area contributed by atoms with Crippen LogP contribution < -0.4 is 4.80 Å². The van der Waals surface area contributed by atoms with E-state index in [0.29, 0.717) is 4.80 Å². The van der Waals surface area contributed by atoms with Gasteiger partial charge in [0.2, 0.25) is 0 Å². The van der Waals surface area contributed by atoms with Gasteiger partial charge in [-0.2, -0.15) is 0 Å². The molecule has 1 aliphatic rings. The summed E-state index contributed by atoms with van der Waals surface area (Å²) in [7, 11) is 0. The molecule has 0 bridgehead atoms. The predicted molar refractivity (Wildman–Crippen MR) is 66.7 cm³/mol. The molecule has 82 valence electrons. The Hall–Kier alpha value is -1.35. The summed E-state index contributed by atoms with van der Waals surface area (Å²) >= 11 is 1.63. The molecule has 0 saturated heterocycles.